The maximum absolute atomic E-state index is 7.04. The first kappa shape index (κ1) is 11.9. The van der Waals surface area contributed by atoms with Gasteiger partial charge < -0.3 is 0 Å². The Morgan fingerprint density at radius 1 is 1.82 bits per heavy atom. The molecular weight excluding hydrogens is 311 g/mol. The zero-order valence-electron chi connectivity index (χ0n) is 5.65. The molecule has 0 bridgehead atoms. The summed E-state index contributed by atoms with van der Waals surface area (Å²) in [5, 5.41) is 10.6. The van der Waals surface area contributed by atoms with Crippen LogP contribution in [-0.4, -0.2) is 24.7 Å². The summed E-state index contributed by atoms with van der Waals surface area (Å²) < 4.78 is 0.502. The van der Waals surface area contributed by atoms with Gasteiger partial charge in [-0.15, -0.1) is 17.0 Å². The molecule has 0 saturated heterocycles. The first-order valence-corrected chi connectivity index (χ1v) is 6.74. The molecule has 0 spiro atoms. The summed E-state index contributed by atoms with van der Waals surface area (Å²) in [6, 6.07) is 0. The van der Waals surface area contributed by atoms with Crippen LogP contribution in [-0.2, 0) is 0 Å². The van der Waals surface area contributed by atoms with Gasteiger partial charge in [0.1, 0.15) is 0 Å². The van der Waals surface area contributed by atoms with Crippen molar-refractivity contribution in [1.29, 1.82) is 5.41 Å². The Labute approximate surface area is 91.6 Å². The Morgan fingerprint density at radius 3 is 3.00 bits per heavy atom. The molecule has 0 aromatic heterocycles. The summed E-state index contributed by atoms with van der Waals surface area (Å²) in [6.07, 6.45) is 0. The Kier molecular flexibility index (Phi) is 6.96. The van der Waals surface area contributed by atoms with Gasteiger partial charge in [-0.1, -0.05) is 0 Å². The molecule has 0 saturated carbocycles. The number of hydrogen-bond acceptors (Lipinski definition) is 3. The molecule has 0 aromatic rings. The van der Waals surface area contributed by atoms with Gasteiger partial charge >= 0.3 is 75.1 Å². The molecule has 0 fully saturated rings. The number of nitrogens with one attached hydrogen (secondary N) is 1. The van der Waals surface area contributed by atoms with Gasteiger partial charge in [-0.25, -0.2) is 0 Å². The molecule has 1 aliphatic heterocycles. The van der Waals surface area contributed by atoms with E-state index in [0.29, 0.717) is 19.5 Å². The minimum atomic E-state index is 0. The van der Waals surface area contributed by atoms with E-state index in [1.54, 1.807) is 11.8 Å². The van der Waals surface area contributed by atoms with Crippen LogP contribution in [0.2, 0.25) is 5.32 Å². The van der Waals surface area contributed by atoms with Crippen molar-refractivity contribution >= 4 is 60.6 Å². The summed E-state index contributed by atoms with van der Waals surface area (Å²) in [4.78, 5) is 2.22. The van der Waals surface area contributed by atoms with Crippen LogP contribution >= 0.6 is 40.5 Å². The molecule has 0 amide bonds. The molecule has 1 aliphatic rings. The Balaban J connectivity index is 0.000001000. The topological polar surface area (TPSA) is 49.9 Å². The quantitative estimate of drug-likeness (QED) is 0.440. The van der Waals surface area contributed by atoms with Crippen molar-refractivity contribution in [3.05, 3.63) is 10.4 Å². The summed E-state index contributed by atoms with van der Waals surface area (Å²) >= 11 is 3.87. The molecule has 0 aliphatic carbocycles. The van der Waals surface area contributed by atoms with Crippen molar-refractivity contribution in [3.63, 3.8) is 0 Å². The van der Waals surface area contributed by atoms with Crippen LogP contribution < -0.4 is 5.73 Å². The van der Waals surface area contributed by atoms with Gasteiger partial charge in [0.15, 0.2) is 0 Å². The monoisotopic (exact) mass is 320 g/mol. The number of nitrogens with two attached hydrogens (primary N) is 1. The molecular formula is C5H9BrN2S2Se. The van der Waals surface area contributed by atoms with Crippen LogP contribution in [0.1, 0.15) is 0 Å². The van der Waals surface area contributed by atoms with Gasteiger partial charge in [-0.05, 0) is 0 Å². The Morgan fingerprint density at radius 2 is 2.55 bits per heavy atom. The molecule has 6 heteroatoms. The van der Waals surface area contributed by atoms with Gasteiger partial charge in [-0.3, -0.25) is 0 Å². The molecule has 3 N–H and O–H groups in total. The average molecular weight is 320 g/mol. The number of thioether (sulfide) groups is 2. The fourth-order valence-electron chi connectivity index (χ4n) is 0.536. The first-order chi connectivity index (χ1) is 4.79. The molecule has 2 nitrogen and oxygen atoms in total. The molecule has 64 valence electrons. The van der Waals surface area contributed by atoms with Crippen molar-refractivity contribution < 1.29 is 0 Å². The van der Waals surface area contributed by atoms with Gasteiger partial charge in [-0.2, -0.15) is 0 Å². The molecule has 1 unspecified atom stereocenters. The summed E-state index contributed by atoms with van der Waals surface area (Å²) in [7, 11) is 0. The predicted molar refractivity (Wildman–Crippen MR) is 60.9 cm³/mol. The van der Waals surface area contributed by atoms with E-state index < -0.39 is 0 Å². The second-order valence-electron chi connectivity index (χ2n) is 1.65. The number of halogens is 1. The third-order valence-corrected chi connectivity index (χ3v) is 6.08. The fourth-order valence-corrected chi connectivity index (χ4v) is 5.21. The van der Waals surface area contributed by atoms with Gasteiger partial charge in [0, 0.05) is 0 Å². The summed E-state index contributed by atoms with van der Waals surface area (Å²) in [6.45, 7) is 0. The van der Waals surface area contributed by atoms with Crippen molar-refractivity contribution in [3.8, 4) is 0 Å². The number of hydrogen-bond donors (Lipinski definition) is 2. The van der Waals surface area contributed by atoms with Crippen molar-refractivity contribution in [2.24, 2.45) is 5.73 Å². The second kappa shape index (κ2) is 6.43. The summed E-state index contributed by atoms with van der Waals surface area (Å²) in [5.74, 6) is 0. The van der Waals surface area contributed by atoms with Crippen molar-refractivity contribution in [2.45, 2.75) is 9.90 Å². The van der Waals surface area contributed by atoms with E-state index in [0.717, 1.165) is 0 Å². The van der Waals surface area contributed by atoms with Gasteiger partial charge in [0.2, 0.25) is 0 Å². The molecule has 1 heterocycles. The third kappa shape index (κ3) is 5.20. The van der Waals surface area contributed by atoms with E-state index in [-0.39, 0.29) is 22.1 Å². The molecule has 1 rings (SSSR count). The number of rotatable bonds is 1. The van der Waals surface area contributed by atoms with Gasteiger partial charge in [0.05, 0.1) is 0 Å². The molecule has 0 aromatic carbocycles. The van der Waals surface area contributed by atoms with Crippen LogP contribution in [0.25, 0.3) is 0 Å². The number of amidine groups is 1. The summed E-state index contributed by atoms with van der Waals surface area (Å²) in [5.41, 5.74) is 5.24. The standard InChI is InChI=1S/C5H8N2S2Se.BrH/c6-5(7)9-4-3-10-2-1-8-4;/h1-2,4H,3H2,(H3,6,7);1H. The maximum atomic E-state index is 7.04. The molecule has 0 radical (unpaired) electrons. The van der Waals surface area contributed by atoms with Crippen LogP contribution in [0, 0.1) is 5.41 Å². The molecule has 11 heavy (non-hydrogen) atoms. The van der Waals surface area contributed by atoms with E-state index in [2.05, 4.69) is 10.4 Å². The van der Waals surface area contributed by atoms with Gasteiger partial charge in [0.25, 0.3) is 0 Å². The van der Waals surface area contributed by atoms with Crippen LogP contribution in [0.3, 0.4) is 0 Å². The first-order valence-electron chi connectivity index (χ1n) is 2.72. The van der Waals surface area contributed by atoms with Crippen molar-refractivity contribution in [1.82, 2.24) is 0 Å². The minimum absolute atomic E-state index is 0. The average Bonchev–Trinajstić information content (AvgIpc) is 1.88. The SMILES string of the molecule is Br.N=C(N)SC1C[Se]C=CS1. The van der Waals surface area contributed by atoms with E-state index in [1.807, 2.05) is 0 Å². The third-order valence-electron chi connectivity index (χ3n) is 0.873. The van der Waals surface area contributed by atoms with Crippen LogP contribution in [0.5, 0.6) is 0 Å². The zero-order valence-corrected chi connectivity index (χ0v) is 10.7. The van der Waals surface area contributed by atoms with E-state index in [4.69, 9.17) is 11.1 Å². The second-order valence-corrected chi connectivity index (χ2v) is 6.28. The zero-order chi connectivity index (χ0) is 7.40. The van der Waals surface area contributed by atoms with Crippen LogP contribution in [0.4, 0.5) is 0 Å². The Bertz CT molecular complexity index is 165. The van der Waals surface area contributed by atoms with E-state index in [9.17, 15) is 0 Å². The van der Waals surface area contributed by atoms with Crippen molar-refractivity contribution in [2.75, 3.05) is 0 Å². The Hall–Kier alpha value is 0.909. The normalized spacial score (nSPS) is 22.4. The fraction of sp³-hybridized carbons (Fsp3) is 0.400. The van der Waals surface area contributed by atoms with Crippen LogP contribution in [0.15, 0.2) is 10.4 Å². The van der Waals surface area contributed by atoms with E-state index in [1.165, 1.54) is 17.1 Å². The predicted octanol–water partition coefficient (Wildman–Crippen LogP) is 1.86. The van der Waals surface area contributed by atoms with E-state index >= 15 is 0 Å². The molecule has 1 atom stereocenters.